The maximum atomic E-state index is 4.10. The average Bonchev–Trinajstić information content (AvgIpc) is 2.04. The molecule has 0 bridgehead atoms. The van der Waals surface area contributed by atoms with Crippen LogP contribution in [0.1, 0.15) is 18.9 Å². The predicted octanol–water partition coefficient (Wildman–Crippen LogP) is 2.55. The summed E-state index contributed by atoms with van der Waals surface area (Å²) in [5.74, 6) is 0. The van der Waals surface area contributed by atoms with Gasteiger partial charge in [-0.1, -0.05) is 22.6 Å². The Hall–Kier alpha value is -0.320. The van der Waals surface area contributed by atoms with Crippen LogP contribution in [0.2, 0.25) is 0 Å². The summed E-state index contributed by atoms with van der Waals surface area (Å²) in [7, 11) is 0. The van der Waals surface area contributed by atoms with Gasteiger partial charge >= 0.3 is 0 Å². The molecule has 12 heavy (non-hydrogen) atoms. The number of rotatable bonds is 0. The molecule has 0 radical (unpaired) electrons. The number of aromatic nitrogens is 1. The molecule has 2 rings (SSSR count). The molecule has 1 unspecified atom stereocenters. The summed E-state index contributed by atoms with van der Waals surface area (Å²) >= 11 is 2.51. The van der Waals surface area contributed by atoms with Crippen molar-refractivity contribution in [3.05, 3.63) is 24.0 Å². The van der Waals surface area contributed by atoms with E-state index in [2.05, 4.69) is 45.9 Å². The van der Waals surface area contributed by atoms with Crippen LogP contribution in [0.25, 0.3) is 0 Å². The van der Waals surface area contributed by atoms with Gasteiger partial charge in [0.25, 0.3) is 0 Å². The van der Waals surface area contributed by atoms with Gasteiger partial charge in [0.05, 0.1) is 11.9 Å². The highest BCUT2D eigenvalue weighted by molar-refractivity contribution is 14.1. The standard InChI is InChI=1S/C9H11IN2/c1-9(10)3-5-12-8-6-11-4-2-7(8)9/h2,4,6,12H,3,5H2,1H3. The van der Waals surface area contributed by atoms with E-state index in [0.717, 1.165) is 6.54 Å². The second kappa shape index (κ2) is 2.87. The molecule has 0 saturated heterocycles. The van der Waals surface area contributed by atoms with E-state index in [9.17, 15) is 0 Å². The molecule has 0 aliphatic carbocycles. The third-order valence-electron chi connectivity index (χ3n) is 2.29. The summed E-state index contributed by atoms with van der Waals surface area (Å²) in [4.78, 5) is 4.10. The summed E-state index contributed by atoms with van der Waals surface area (Å²) in [5, 5.41) is 3.35. The number of nitrogens with one attached hydrogen (secondary N) is 1. The summed E-state index contributed by atoms with van der Waals surface area (Å²) in [5.41, 5.74) is 2.57. The van der Waals surface area contributed by atoms with E-state index in [0.29, 0.717) is 0 Å². The number of pyridine rings is 1. The molecule has 0 amide bonds. The van der Waals surface area contributed by atoms with Gasteiger partial charge in [-0.3, -0.25) is 4.98 Å². The molecule has 1 aromatic heterocycles. The Labute approximate surface area is 85.9 Å². The first-order valence-electron chi connectivity index (χ1n) is 4.07. The molecular formula is C9H11IN2. The molecule has 1 atom stereocenters. The van der Waals surface area contributed by atoms with E-state index < -0.39 is 0 Å². The molecule has 1 aromatic rings. The second-order valence-electron chi connectivity index (χ2n) is 3.30. The molecule has 0 saturated carbocycles. The highest BCUT2D eigenvalue weighted by atomic mass is 127. The topological polar surface area (TPSA) is 24.9 Å². The molecule has 0 spiro atoms. The van der Waals surface area contributed by atoms with Crippen molar-refractivity contribution in [1.29, 1.82) is 0 Å². The maximum absolute atomic E-state index is 4.10. The van der Waals surface area contributed by atoms with Gasteiger partial charge in [0, 0.05) is 16.2 Å². The van der Waals surface area contributed by atoms with Gasteiger partial charge in [-0.05, 0) is 25.0 Å². The molecule has 2 nitrogen and oxygen atoms in total. The van der Waals surface area contributed by atoms with Crippen molar-refractivity contribution in [2.24, 2.45) is 0 Å². The first-order valence-corrected chi connectivity index (χ1v) is 5.15. The Morgan fingerprint density at radius 2 is 2.50 bits per heavy atom. The summed E-state index contributed by atoms with van der Waals surface area (Å²) in [6, 6.07) is 2.11. The fourth-order valence-corrected chi connectivity index (χ4v) is 2.30. The van der Waals surface area contributed by atoms with Gasteiger partial charge in [-0.15, -0.1) is 0 Å². The Balaban J connectivity index is 2.52. The van der Waals surface area contributed by atoms with Gasteiger partial charge < -0.3 is 5.32 Å². The number of anilines is 1. The van der Waals surface area contributed by atoms with Gasteiger partial charge in [0.15, 0.2) is 0 Å². The van der Waals surface area contributed by atoms with Crippen molar-refractivity contribution < 1.29 is 0 Å². The van der Waals surface area contributed by atoms with Crippen LogP contribution in [0.15, 0.2) is 18.5 Å². The lowest BCUT2D eigenvalue weighted by molar-refractivity contribution is 0.653. The third-order valence-corrected chi connectivity index (χ3v) is 3.41. The van der Waals surface area contributed by atoms with Crippen molar-refractivity contribution in [2.45, 2.75) is 16.8 Å². The van der Waals surface area contributed by atoms with Crippen LogP contribution in [0.3, 0.4) is 0 Å². The van der Waals surface area contributed by atoms with E-state index in [1.54, 1.807) is 0 Å². The fraction of sp³-hybridized carbons (Fsp3) is 0.444. The van der Waals surface area contributed by atoms with Crippen molar-refractivity contribution in [2.75, 3.05) is 11.9 Å². The third kappa shape index (κ3) is 1.30. The van der Waals surface area contributed by atoms with Crippen molar-refractivity contribution in [3.63, 3.8) is 0 Å². The molecule has 1 aliphatic rings. The summed E-state index contributed by atoms with van der Waals surface area (Å²) in [6.45, 7) is 3.32. The number of hydrogen-bond donors (Lipinski definition) is 1. The zero-order valence-corrected chi connectivity index (χ0v) is 9.13. The van der Waals surface area contributed by atoms with E-state index in [1.165, 1.54) is 17.7 Å². The molecule has 0 aromatic carbocycles. The van der Waals surface area contributed by atoms with Crippen LogP contribution >= 0.6 is 22.6 Å². The zero-order valence-electron chi connectivity index (χ0n) is 6.97. The van der Waals surface area contributed by atoms with E-state index in [1.807, 2.05) is 12.4 Å². The number of alkyl halides is 1. The fourth-order valence-electron chi connectivity index (χ4n) is 1.56. The largest absolute Gasteiger partial charge is 0.383 e. The van der Waals surface area contributed by atoms with Crippen molar-refractivity contribution in [3.8, 4) is 0 Å². The van der Waals surface area contributed by atoms with Gasteiger partial charge in [0.1, 0.15) is 0 Å². The minimum atomic E-state index is 0.279. The Bertz CT molecular complexity index is 296. The molecule has 0 fully saturated rings. The smallest absolute Gasteiger partial charge is 0.0572 e. The lowest BCUT2D eigenvalue weighted by atomic mass is 9.94. The Kier molecular flexibility index (Phi) is 1.98. The number of hydrogen-bond acceptors (Lipinski definition) is 2. The van der Waals surface area contributed by atoms with Crippen LogP contribution in [0.5, 0.6) is 0 Å². The molecule has 64 valence electrons. The molecule has 1 aliphatic heterocycles. The van der Waals surface area contributed by atoms with Crippen molar-refractivity contribution in [1.82, 2.24) is 4.98 Å². The monoisotopic (exact) mass is 274 g/mol. The normalized spacial score (nSPS) is 27.5. The summed E-state index contributed by atoms with van der Waals surface area (Å²) in [6.07, 6.45) is 4.96. The lowest BCUT2D eigenvalue weighted by Gasteiger charge is -2.30. The molecule has 1 N–H and O–H groups in total. The number of halogens is 1. The Morgan fingerprint density at radius 3 is 3.25 bits per heavy atom. The minimum absolute atomic E-state index is 0.279. The van der Waals surface area contributed by atoms with E-state index in [4.69, 9.17) is 0 Å². The Morgan fingerprint density at radius 1 is 1.67 bits per heavy atom. The first-order chi connectivity index (χ1) is 5.70. The SMILES string of the molecule is CC1(I)CCNc2cnccc21. The highest BCUT2D eigenvalue weighted by Crippen LogP contribution is 2.41. The van der Waals surface area contributed by atoms with Crippen LogP contribution in [-0.4, -0.2) is 11.5 Å². The quantitative estimate of drug-likeness (QED) is 0.581. The number of nitrogens with zero attached hydrogens (tertiary/aromatic N) is 1. The van der Waals surface area contributed by atoms with Crippen LogP contribution < -0.4 is 5.32 Å². The average molecular weight is 274 g/mol. The molecule has 2 heterocycles. The van der Waals surface area contributed by atoms with Gasteiger partial charge in [-0.2, -0.15) is 0 Å². The van der Waals surface area contributed by atoms with Crippen LogP contribution in [0, 0.1) is 0 Å². The lowest BCUT2D eigenvalue weighted by Crippen LogP contribution is -2.25. The van der Waals surface area contributed by atoms with Crippen LogP contribution in [-0.2, 0) is 3.42 Å². The van der Waals surface area contributed by atoms with Gasteiger partial charge in [-0.25, -0.2) is 0 Å². The predicted molar refractivity (Wildman–Crippen MR) is 58.7 cm³/mol. The number of fused-ring (bicyclic) bond motifs is 1. The van der Waals surface area contributed by atoms with Gasteiger partial charge in [0.2, 0.25) is 0 Å². The van der Waals surface area contributed by atoms with E-state index >= 15 is 0 Å². The highest BCUT2D eigenvalue weighted by Gasteiger charge is 2.28. The van der Waals surface area contributed by atoms with Crippen molar-refractivity contribution >= 4 is 28.3 Å². The molecule has 3 heteroatoms. The summed E-state index contributed by atoms with van der Waals surface area (Å²) < 4.78 is 0.279. The zero-order chi connectivity index (χ0) is 8.60. The maximum Gasteiger partial charge on any atom is 0.0572 e. The minimum Gasteiger partial charge on any atom is -0.383 e. The first kappa shape index (κ1) is 8.29. The van der Waals surface area contributed by atoms with Crippen LogP contribution in [0.4, 0.5) is 5.69 Å². The molecular weight excluding hydrogens is 263 g/mol. The second-order valence-corrected chi connectivity index (χ2v) is 5.68. The van der Waals surface area contributed by atoms with E-state index in [-0.39, 0.29) is 3.42 Å².